The summed E-state index contributed by atoms with van der Waals surface area (Å²) in [6.45, 7) is 0. The van der Waals surface area contributed by atoms with Gasteiger partial charge in [-0.25, -0.2) is 4.98 Å². The van der Waals surface area contributed by atoms with E-state index in [1.165, 1.54) is 32.3 Å². The highest BCUT2D eigenvalue weighted by Gasteiger charge is 2.12. The van der Waals surface area contributed by atoms with Gasteiger partial charge >= 0.3 is 0 Å². The Morgan fingerprint density at radius 1 is 0.667 bits per heavy atom. The number of nitrogens with zero attached hydrogens (tertiary/aromatic N) is 1. The van der Waals surface area contributed by atoms with E-state index in [0.29, 0.717) is 5.44 Å². The summed E-state index contributed by atoms with van der Waals surface area (Å²) in [5, 5.41) is 7.49. The second-order valence-corrected chi connectivity index (χ2v) is 6.58. The zero-order valence-corrected chi connectivity index (χ0v) is 13.6. The Balaban J connectivity index is 1.95. The molecule has 3 heteroatoms. The minimum Gasteiger partial charge on any atom is -0.268 e. The van der Waals surface area contributed by atoms with Crippen molar-refractivity contribution in [2.24, 2.45) is 0 Å². The maximum atomic E-state index is 11.2. The lowest BCUT2D eigenvalue weighted by molar-refractivity contribution is 0.602. The van der Waals surface area contributed by atoms with Crippen molar-refractivity contribution in [3.8, 4) is 11.3 Å². The van der Waals surface area contributed by atoms with Gasteiger partial charge in [-0.15, -0.1) is 0 Å². The fourth-order valence-electron chi connectivity index (χ4n) is 3.58. The molecule has 0 radical (unpaired) electrons. The van der Waals surface area contributed by atoms with Crippen LogP contribution in [0.1, 0.15) is 0 Å². The summed E-state index contributed by atoms with van der Waals surface area (Å²) in [5.41, 5.74) is 2.48. The van der Waals surface area contributed by atoms with Crippen LogP contribution < -0.4 is 5.44 Å². The van der Waals surface area contributed by atoms with E-state index >= 15 is 0 Å². The van der Waals surface area contributed by atoms with Crippen LogP contribution in [0.5, 0.6) is 0 Å². The van der Waals surface area contributed by atoms with Crippen molar-refractivity contribution >= 4 is 46.2 Å². The van der Waals surface area contributed by atoms with Crippen LogP contribution >= 0.6 is 8.46 Å². The zero-order chi connectivity index (χ0) is 16.1. The molecule has 112 valence electrons. The summed E-state index contributed by atoms with van der Waals surface area (Å²) in [6, 6.07) is 25.0. The van der Waals surface area contributed by atoms with Gasteiger partial charge in [0.1, 0.15) is 5.44 Å². The summed E-state index contributed by atoms with van der Waals surface area (Å²) in [5.74, 6) is 0. The summed E-state index contributed by atoms with van der Waals surface area (Å²) in [4.78, 5) is 4.52. The van der Waals surface area contributed by atoms with Gasteiger partial charge in [0, 0.05) is 5.56 Å². The first-order chi connectivity index (χ1) is 11.8. The van der Waals surface area contributed by atoms with Crippen molar-refractivity contribution in [2.75, 3.05) is 0 Å². The number of rotatable bonds is 2. The Morgan fingerprint density at radius 2 is 1.33 bits per heavy atom. The first-order valence-electron chi connectivity index (χ1n) is 7.82. The van der Waals surface area contributed by atoms with Crippen LogP contribution in [0.2, 0.25) is 0 Å². The normalized spacial score (nSPS) is 11.8. The summed E-state index contributed by atoms with van der Waals surface area (Å²) < 4.78 is 11.2. The van der Waals surface area contributed by atoms with E-state index in [1.54, 1.807) is 6.07 Å². The van der Waals surface area contributed by atoms with E-state index in [-0.39, 0.29) is 8.46 Å². The highest BCUT2D eigenvalue weighted by molar-refractivity contribution is 7.33. The summed E-state index contributed by atoms with van der Waals surface area (Å²) in [6.07, 6.45) is 0. The predicted molar refractivity (Wildman–Crippen MR) is 101 cm³/mol. The molecule has 0 atom stereocenters. The standard InChI is InChI=1S/C21H12NOP/c23-24-19-6-2-5-18(22-19)16-11-9-15-8-7-13-3-1-4-14-10-12-17(16)21(15)20(13)14/h1-12H. The Hall–Kier alpha value is -2.83. The highest BCUT2D eigenvalue weighted by Crippen LogP contribution is 2.38. The molecule has 0 bridgehead atoms. The first-order valence-corrected chi connectivity index (χ1v) is 8.64. The van der Waals surface area contributed by atoms with Crippen LogP contribution in [0, 0.1) is 0 Å². The van der Waals surface area contributed by atoms with Crippen LogP contribution in [0.3, 0.4) is 0 Å². The molecule has 0 amide bonds. The third kappa shape index (κ3) is 1.87. The molecule has 0 saturated heterocycles. The summed E-state index contributed by atoms with van der Waals surface area (Å²) in [7, 11) is -0.0513. The first kappa shape index (κ1) is 13.6. The van der Waals surface area contributed by atoms with Crippen molar-refractivity contribution in [1.82, 2.24) is 4.98 Å². The van der Waals surface area contributed by atoms with Crippen molar-refractivity contribution in [2.45, 2.75) is 0 Å². The molecule has 1 heterocycles. The van der Waals surface area contributed by atoms with Gasteiger partial charge in [0.05, 0.1) is 5.69 Å². The number of hydrogen-bond donors (Lipinski definition) is 0. The van der Waals surface area contributed by atoms with Crippen LogP contribution in [0.4, 0.5) is 0 Å². The third-order valence-electron chi connectivity index (χ3n) is 4.63. The molecule has 0 aliphatic rings. The molecule has 0 N–H and O–H groups in total. The van der Waals surface area contributed by atoms with Gasteiger partial charge in [-0.3, -0.25) is 4.57 Å². The van der Waals surface area contributed by atoms with Gasteiger partial charge in [0.15, 0.2) is 0 Å². The lowest BCUT2D eigenvalue weighted by atomic mass is 9.91. The fourth-order valence-corrected chi connectivity index (χ4v) is 3.88. The number of hydrogen-bond acceptors (Lipinski definition) is 2. The third-order valence-corrected chi connectivity index (χ3v) is 5.07. The van der Waals surface area contributed by atoms with Gasteiger partial charge in [-0.2, -0.15) is 0 Å². The Kier molecular flexibility index (Phi) is 2.88. The van der Waals surface area contributed by atoms with Gasteiger partial charge in [-0.05, 0) is 44.5 Å². The molecular weight excluding hydrogens is 313 g/mol. The molecule has 5 rings (SSSR count). The molecule has 0 aliphatic heterocycles. The molecule has 1 aromatic heterocycles. The minimum absolute atomic E-state index is 0.0513. The van der Waals surface area contributed by atoms with Gasteiger partial charge in [0.25, 0.3) is 0 Å². The van der Waals surface area contributed by atoms with Crippen LogP contribution in [-0.2, 0) is 4.57 Å². The number of benzene rings is 4. The Labute approximate surface area is 140 Å². The Morgan fingerprint density at radius 3 is 2.12 bits per heavy atom. The fraction of sp³-hybridized carbons (Fsp3) is 0. The molecule has 0 saturated carbocycles. The minimum atomic E-state index is -0.0513. The van der Waals surface area contributed by atoms with Gasteiger partial charge < -0.3 is 0 Å². The average molecular weight is 325 g/mol. The van der Waals surface area contributed by atoms with E-state index in [2.05, 4.69) is 59.6 Å². The second-order valence-electron chi connectivity index (χ2n) is 5.94. The maximum Gasteiger partial charge on any atom is 0.212 e. The number of pyridine rings is 1. The lowest BCUT2D eigenvalue weighted by Crippen LogP contribution is -1.99. The Bertz CT molecular complexity index is 1210. The lowest BCUT2D eigenvalue weighted by Gasteiger charge is -2.13. The van der Waals surface area contributed by atoms with Crippen LogP contribution in [0.15, 0.2) is 72.8 Å². The van der Waals surface area contributed by atoms with Crippen LogP contribution in [-0.4, -0.2) is 4.98 Å². The van der Waals surface area contributed by atoms with Crippen molar-refractivity contribution in [3.63, 3.8) is 0 Å². The predicted octanol–water partition coefficient (Wildman–Crippen LogP) is 5.56. The molecule has 4 aromatic carbocycles. The van der Waals surface area contributed by atoms with E-state index in [0.717, 1.165) is 11.3 Å². The molecule has 0 unspecified atom stereocenters. The SMILES string of the molecule is O=Pc1cccc(-c2ccc3ccc4cccc5ccc2c3c45)n1. The molecular formula is C21H12NOP. The van der Waals surface area contributed by atoms with Crippen LogP contribution in [0.25, 0.3) is 43.6 Å². The van der Waals surface area contributed by atoms with E-state index < -0.39 is 0 Å². The quantitative estimate of drug-likeness (QED) is 0.314. The zero-order valence-electron chi connectivity index (χ0n) is 12.7. The molecule has 5 aromatic rings. The maximum absolute atomic E-state index is 11.2. The molecule has 0 aliphatic carbocycles. The van der Waals surface area contributed by atoms with Gasteiger partial charge in [0.2, 0.25) is 8.46 Å². The van der Waals surface area contributed by atoms with E-state index in [1.807, 2.05) is 12.1 Å². The topological polar surface area (TPSA) is 30.0 Å². The molecule has 0 spiro atoms. The molecule has 2 nitrogen and oxygen atoms in total. The second kappa shape index (κ2) is 5.09. The summed E-state index contributed by atoms with van der Waals surface area (Å²) >= 11 is 0. The van der Waals surface area contributed by atoms with Gasteiger partial charge in [-0.1, -0.05) is 60.7 Å². The van der Waals surface area contributed by atoms with Crippen molar-refractivity contribution in [3.05, 3.63) is 72.8 Å². The van der Waals surface area contributed by atoms with E-state index in [4.69, 9.17) is 0 Å². The largest absolute Gasteiger partial charge is 0.268 e. The number of aromatic nitrogens is 1. The monoisotopic (exact) mass is 325 g/mol. The molecule has 0 fully saturated rings. The van der Waals surface area contributed by atoms with Crippen molar-refractivity contribution in [1.29, 1.82) is 0 Å². The average Bonchev–Trinajstić information content (AvgIpc) is 2.66. The van der Waals surface area contributed by atoms with Crippen molar-refractivity contribution < 1.29 is 4.57 Å². The van der Waals surface area contributed by atoms with E-state index in [9.17, 15) is 4.57 Å². The smallest absolute Gasteiger partial charge is 0.212 e. The highest BCUT2D eigenvalue weighted by atomic mass is 31.1. The molecule has 24 heavy (non-hydrogen) atoms.